The first kappa shape index (κ1) is 20.1. The minimum Gasteiger partial charge on any atom is -0.494 e. The third-order valence-corrected chi connectivity index (χ3v) is 4.50. The maximum absolute atomic E-state index is 12.8. The monoisotopic (exact) mass is 390 g/mol. The van der Waals surface area contributed by atoms with Gasteiger partial charge in [-0.15, -0.1) is 0 Å². The van der Waals surface area contributed by atoms with Crippen LogP contribution in [0, 0.1) is 10.1 Å². The van der Waals surface area contributed by atoms with Crippen LogP contribution in [0.15, 0.2) is 78.9 Å². The SMILES string of the molecule is CCOc1ccc(C(CC(=O)c2ccccc2)Nc2ccc([N+](=O)[O-])cc2)cc1. The van der Waals surface area contributed by atoms with Crippen molar-refractivity contribution >= 4 is 17.2 Å². The second kappa shape index (κ2) is 9.50. The molecule has 0 saturated heterocycles. The zero-order valence-electron chi connectivity index (χ0n) is 16.1. The summed E-state index contributed by atoms with van der Waals surface area (Å²) in [6.45, 7) is 2.50. The van der Waals surface area contributed by atoms with Crippen molar-refractivity contribution < 1.29 is 14.5 Å². The molecule has 0 aliphatic carbocycles. The Kier molecular flexibility index (Phi) is 6.58. The number of nitrogens with one attached hydrogen (secondary N) is 1. The van der Waals surface area contributed by atoms with E-state index < -0.39 is 4.92 Å². The highest BCUT2D eigenvalue weighted by molar-refractivity contribution is 5.96. The fourth-order valence-corrected chi connectivity index (χ4v) is 3.02. The molecule has 6 nitrogen and oxygen atoms in total. The van der Waals surface area contributed by atoms with E-state index in [2.05, 4.69) is 5.32 Å². The second-order valence-electron chi connectivity index (χ2n) is 6.50. The Balaban J connectivity index is 1.83. The molecule has 29 heavy (non-hydrogen) atoms. The van der Waals surface area contributed by atoms with Crippen LogP contribution in [-0.2, 0) is 0 Å². The predicted molar refractivity (Wildman–Crippen MR) is 112 cm³/mol. The molecule has 0 fully saturated rings. The summed E-state index contributed by atoms with van der Waals surface area (Å²) >= 11 is 0. The van der Waals surface area contributed by atoms with E-state index in [0.717, 1.165) is 11.3 Å². The van der Waals surface area contributed by atoms with E-state index in [-0.39, 0.29) is 23.9 Å². The van der Waals surface area contributed by atoms with Crippen molar-refractivity contribution in [3.05, 3.63) is 100 Å². The minimum absolute atomic E-state index is 0.0129. The Bertz CT molecular complexity index is 954. The van der Waals surface area contributed by atoms with Gasteiger partial charge >= 0.3 is 0 Å². The molecular weight excluding hydrogens is 368 g/mol. The van der Waals surface area contributed by atoms with Gasteiger partial charge < -0.3 is 10.1 Å². The van der Waals surface area contributed by atoms with Crippen molar-refractivity contribution in [1.82, 2.24) is 0 Å². The van der Waals surface area contributed by atoms with Gasteiger partial charge in [-0.1, -0.05) is 42.5 Å². The molecule has 3 rings (SSSR count). The molecule has 3 aromatic rings. The van der Waals surface area contributed by atoms with E-state index in [4.69, 9.17) is 4.74 Å². The van der Waals surface area contributed by atoms with E-state index in [1.165, 1.54) is 12.1 Å². The Morgan fingerprint density at radius 3 is 2.24 bits per heavy atom. The van der Waals surface area contributed by atoms with Crippen molar-refractivity contribution in [2.75, 3.05) is 11.9 Å². The van der Waals surface area contributed by atoms with E-state index in [9.17, 15) is 14.9 Å². The lowest BCUT2D eigenvalue weighted by Crippen LogP contribution is -2.16. The van der Waals surface area contributed by atoms with Gasteiger partial charge in [0.15, 0.2) is 5.78 Å². The summed E-state index contributed by atoms with van der Waals surface area (Å²) in [4.78, 5) is 23.2. The highest BCUT2D eigenvalue weighted by atomic mass is 16.6. The summed E-state index contributed by atoms with van der Waals surface area (Å²) in [5.74, 6) is 0.776. The number of benzene rings is 3. The second-order valence-corrected chi connectivity index (χ2v) is 6.50. The quantitative estimate of drug-likeness (QED) is 0.300. The first-order valence-electron chi connectivity index (χ1n) is 9.39. The molecule has 0 radical (unpaired) electrons. The van der Waals surface area contributed by atoms with Crippen molar-refractivity contribution in [1.29, 1.82) is 0 Å². The summed E-state index contributed by atoms with van der Waals surface area (Å²) < 4.78 is 5.49. The van der Waals surface area contributed by atoms with Crippen LogP contribution in [0.5, 0.6) is 5.75 Å². The van der Waals surface area contributed by atoms with Gasteiger partial charge in [0.25, 0.3) is 5.69 Å². The van der Waals surface area contributed by atoms with Crippen molar-refractivity contribution in [3.8, 4) is 5.75 Å². The van der Waals surface area contributed by atoms with Crippen LogP contribution in [0.3, 0.4) is 0 Å². The largest absolute Gasteiger partial charge is 0.494 e. The summed E-state index contributed by atoms with van der Waals surface area (Å²) in [6.07, 6.45) is 0.245. The molecule has 6 heteroatoms. The Labute approximate surface area is 169 Å². The van der Waals surface area contributed by atoms with E-state index in [1.807, 2.05) is 49.4 Å². The predicted octanol–water partition coefficient (Wildman–Crippen LogP) is 5.42. The zero-order valence-corrected chi connectivity index (χ0v) is 16.1. The summed E-state index contributed by atoms with van der Waals surface area (Å²) in [5.41, 5.74) is 2.30. The van der Waals surface area contributed by atoms with Gasteiger partial charge in [-0.25, -0.2) is 0 Å². The number of nitro benzene ring substituents is 1. The number of carbonyl (C=O) groups is 1. The zero-order chi connectivity index (χ0) is 20.6. The molecule has 3 aromatic carbocycles. The number of hydrogen-bond acceptors (Lipinski definition) is 5. The maximum Gasteiger partial charge on any atom is 0.269 e. The Morgan fingerprint density at radius 2 is 1.66 bits per heavy atom. The molecule has 148 valence electrons. The number of nitrogens with zero attached hydrogens (tertiary/aromatic N) is 1. The molecule has 0 amide bonds. The van der Waals surface area contributed by atoms with Crippen molar-refractivity contribution in [2.24, 2.45) is 0 Å². The van der Waals surface area contributed by atoms with Crippen LogP contribution in [0.25, 0.3) is 0 Å². The van der Waals surface area contributed by atoms with Gasteiger partial charge in [-0.05, 0) is 36.8 Å². The molecule has 1 atom stereocenters. The Hall–Kier alpha value is -3.67. The van der Waals surface area contributed by atoms with Crippen LogP contribution < -0.4 is 10.1 Å². The van der Waals surface area contributed by atoms with Crippen LogP contribution in [0.4, 0.5) is 11.4 Å². The number of ether oxygens (including phenoxy) is 1. The third-order valence-electron chi connectivity index (χ3n) is 4.50. The minimum atomic E-state index is -0.438. The first-order valence-corrected chi connectivity index (χ1v) is 9.39. The molecule has 0 heterocycles. The topological polar surface area (TPSA) is 81.5 Å². The number of ketones is 1. The third kappa shape index (κ3) is 5.42. The maximum atomic E-state index is 12.8. The first-order chi connectivity index (χ1) is 14.1. The highest BCUT2D eigenvalue weighted by Crippen LogP contribution is 2.27. The fraction of sp³-hybridized carbons (Fsp3) is 0.174. The van der Waals surface area contributed by atoms with E-state index in [1.54, 1.807) is 24.3 Å². The number of non-ortho nitro benzene ring substituents is 1. The van der Waals surface area contributed by atoms with Crippen LogP contribution >= 0.6 is 0 Å². The fourth-order valence-electron chi connectivity index (χ4n) is 3.02. The average Bonchev–Trinajstić information content (AvgIpc) is 2.75. The van der Waals surface area contributed by atoms with Gasteiger partial charge in [0.1, 0.15) is 5.75 Å². The van der Waals surface area contributed by atoms with Crippen LogP contribution in [-0.4, -0.2) is 17.3 Å². The Morgan fingerprint density at radius 1 is 1.00 bits per heavy atom. The molecule has 0 aliphatic rings. The molecule has 0 saturated carbocycles. The molecule has 0 aromatic heterocycles. The number of anilines is 1. The summed E-state index contributed by atoms with van der Waals surface area (Å²) in [5, 5.41) is 14.2. The van der Waals surface area contributed by atoms with Gasteiger partial charge in [0, 0.05) is 29.8 Å². The number of nitro groups is 1. The van der Waals surface area contributed by atoms with Crippen molar-refractivity contribution in [2.45, 2.75) is 19.4 Å². The molecule has 1 N–H and O–H groups in total. The molecular formula is C23H22N2O4. The summed E-state index contributed by atoms with van der Waals surface area (Å²) in [6, 6.07) is 22.6. The molecule has 0 spiro atoms. The smallest absolute Gasteiger partial charge is 0.269 e. The standard InChI is InChI=1S/C23H22N2O4/c1-2-29-21-14-8-17(9-15-21)22(16-23(26)18-6-4-3-5-7-18)24-19-10-12-20(13-11-19)25(27)28/h3-15,22,24H,2,16H2,1H3. The molecule has 0 aliphatic heterocycles. The van der Waals surface area contributed by atoms with Gasteiger partial charge in [-0.3, -0.25) is 14.9 Å². The molecule has 0 bridgehead atoms. The normalized spacial score (nSPS) is 11.5. The summed E-state index contributed by atoms with van der Waals surface area (Å²) in [7, 11) is 0. The van der Waals surface area contributed by atoms with Crippen LogP contribution in [0.1, 0.15) is 35.3 Å². The lowest BCUT2D eigenvalue weighted by atomic mass is 9.97. The van der Waals surface area contributed by atoms with Gasteiger partial charge in [0.05, 0.1) is 17.6 Å². The van der Waals surface area contributed by atoms with Gasteiger partial charge in [0.2, 0.25) is 0 Å². The van der Waals surface area contributed by atoms with E-state index in [0.29, 0.717) is 17.9 Å². The van der Waals surface area contributed by atoms with Crippen LogP contribution in [0.2, 0.25) is 0 Å². The number of rotatable bonds is 9. The number of hydrogen-bond donors (Lipinski definition) is 1. The lowest BCUT2D eigenvalue weighted by molar-refractivity contribution is -0.384. The van der Waals surface area contributed by atoms with Crippen molar-refractivity contribution in [3.63, 3.8) is 0 Å². The average molecular weight is 390 g/mol. The van der Waals surface area contributed by atoms with Gasteiger partial charge in [-0.2, -0.15) is 0 Å². The number of Topliss-reactive ketones (excluding diaryl/α,β-unsaturated/α-hetero) is 1. The lowest BCUT2D eigenvalue weighted by Gasteiger charge is -2.20. The number of carbonyl (C=O) groups excluding carboxylic acids is 1. The molecule has 1 unspecified atom stereocenters. The highest BCUT2D eigenvalue weighted by Gasteiger charge is 2.18. The van der Waals surface area contributed by atoms with E-state index >= 15 is 0 Å².